The molecular weight excluding hydrogens is 368 g/mol. The SMILES string of the molecule is CCNC(=NCCCN(C)CCOC)NCCc1ccc(OCC)c(OCC)c1. The summed E-state index contributed by atoms with van der Waals surface area (Å²) in [5.74, 6) is 2.48. The van der Waals surface area contributed by atoms with Crippen molar-refractivity contribution in [3.63, 3.8) is 0 Å². The van der Waals surface area contributed by atoms with Crippen molar-refractivity contribution in [2.45, 2.75) is 33.6 Å². The lowest BCUT2D eigenvalue weighted by molar-refractivity contribution is 0.161. The van der Waals surface area contributed by atoms with E-state index in [1.807, 2.05) is 19.9 Å². The minimum atomic E-state index is 0.625. The molecule has 7 heteroatoms. The minimum absolute atomic E-state index is 0.625. The number of methoxy groups -OCH3 is 1. The lowest BCUT2D eigenvalue weighted by Crippen LogP contribution is -2.38. The summed E-state index contributed by atoms with van der Waals surface area (Å²) in [6.45, 7) is 12.5. The number of likely N-dealkylation sites (N-methyl/N-ethyl adjacent to an activating group) is 1. The highest BCUT2D eigenvalue weighted by Crippen LogP contribution is 2.28. The second-order valence-corrected chi connectivity index (χ2v) is 6.73. The molecule has 1 aromatic rings. The Hall–Kier alpha value is -1.99. The van der Waals surface area contributed by atoms with Crippen molar-refractivity contribution >= 4 is 5.96 Å². The van der Waals surface area contributed by atoms with E-state index in [1.54, 1.807) is 7.11 Å². The van der Waals surface area contributed by atoms with Crippen LogP contribution in [0.4, 0.5) is 0 Å². The molecule has 0 unspecified atom stereocenters. The van der Waals surface area contributed by atoms with Crippen LogP contribution in [0.5, 0.6) is 11.5 Å². The minimum Gasteiger partial charge on any atom is -0.490 e. The third-order valence-corrected chi connectivity index (χ3v) is 4.30. The van der Waals surface area contributed by atoms with Crippen LogP contribution in [-0.2, 0) is 11.2 Å². The highest BCUT2D eigenvalue weighted by Gasteiger charge is 2.06. The molecule has 0 spiro atoms. The van der Waals surface area contributed by atoms with Crippen LogP contribution < -0.4 is 20.1 Å². The van der Waals surface area contributed by atoms with Crippen molar-refractivity contribution in [1.29, 1.82) is 0 Å². The molecule has 0 aliphatic carbocycles. The maximum atomic E-state index is 5.71. The predicted molar refractivity (Wildman–Crippen MR) is 120 cm³/mol. The molecule has 0 aliphatic heterocycles. The molecule has 0 amide bonds. The van der Waals surface area contributed by atoms with E-state index >= 15 is 0 Å². The van der Waals surface area contributed by atoms with E-state index in [0.29, 0.717) is 13.2 Å². The van der Waals surface area contributed by atoms with E-state index in [2.05, 4.69) is 46.6 Å². The Morgan fingerprint density at radius 1 is 1.03 bits per heavy atom. The van der Waals surface area contributed by atoms with Gasteiger partial charge < -0.3 is 29.7 Å². The van der Waals surface area contributed by atoms with Gasteiger partial charge in [-0.3, -0.25) is 4.99 Å². The lowest BCUT2D eigenvalue weighted by Gasteiger charge is -2.16. The molecule has 0 radical (unpaired) electrons. The molecule has 0 atom stereocenters. The van der Waals surface area contributed by atoms with E-state index in [9.17, 15) is 0 Å². The second kappa shape index (κ2) is 15.9. The topological polar surface area (TPSA) is 67.4 Å². The molecule has 0 bridgehead atoms. The van der Waals surface area contributed by atoms with Gasteiger partial charge in [-0.05, 0) is 64.9 Å². The predicted octanol–water partition coefficient (Wildman–Crippen LogP) is 2.55. The first-order chi connectivity index (χ1) is 14.1. The van der Waals surface area contributed by atoms with Gasteiger partial charge in [0.25, 0.3) is 0 Å². The normalized spacial score (nSPS) is 11.6. The van der Waals surface area contributed by atoms with Gasteiger partial charge >= 0.3 is 0 Å². The number of ether oxygens (including phenoxy) is 3. The Balaban J connectivity index is 2.47. The Kier molecular flexibility index (Phi) is 13.7. The molecule has 0 heterocycles. The molecule has 0 aromatic heterocycles. The van der Waals surface area contributed by atoms with E-state index in [4.69, 9.17) is 14.2 Å². The van der Waals surface area contributed by atoms with Crippen LogP contribution in [0.2, 0.25) is 0 Å². The van der Waals surface area contributed by atoms with Gasteiger partial charge in [-0.2, -0.15) is 0 Å². The number of guanidine groups is 1. The largest absolute Gasteiger partial charge is 0.490 e. The van der Waals surface area contributed by atoms with Crippen molar-refractivity contribution in [3.8, 4) is 11.5 Å². The van der Waals surface area contributed by atoms with Crippen LogP contribution in [0.1, 0.15) is 32.8 Å². The summed E-state index contributed by atoms with van der Waals surface area (Å²) < 4.78 is 16.4. The summed E-state index contributed by atoms with van der Waals surface area (Å²) in [6, 6.07) is 6.15. The van der Waals surface area contributed by atoms with E-state index in [-0.39, 0.29) is 0 Å². The van der Waals surface area contributed by atoms with Crippen LogP contribution in [0, 0.1) is 0 Å². The van der Waals surface area contributed by atoms with Gasteiger partial charge in [0.15, 0.2) is 17.5 Å². The first kappa shape index (κ1) is 25.0. The average Bonchev–Trinajstić information content (AvgIpc) is 2.71. The van der Waals surface area contributed by atoms with Crippen molar-refractivity contribution in [3.05, 3.63) is 23.8 Å². The van der Waals surface area contributed by atoms with Gasteiger partial charge in [0.1, 0.15) is 0 Å². The number of nitrogens with one attached hydrogen (secondary N) is 2. The Morgan fingerprint density at radius 3 is 2.48 bits per heavy atom. The van der Waals surface area contributed by atoms with E-state index < -0.39 is 0 Å². The summed E-state index contributed by atoms with van der Waals surface area (Å²) >= 11 is 0. The van der Waals surface area contributed by atoms with Crippen LogP contribution in [0.15, 0.2) is 23.2 Å². The molecule has 0 fully saturated rings. The average molecular weight is 409 g/mol. The zero-order valence-corrected chi connectivity index (χ0v) is 18.9. The molecule has 0 saturated heterocycles. The summed E-state index contributed by atoms with van der Waals surface area (Å²) in [6.07, 6.45) is 1.91. The number of rotatable bonds is 15. The number of benzene rings is 1. The second-order valence-electron chi connectivity index (χ2n) is 6.73. The smallest absolute Gasteiger partial charge is 0.191 e. The number of hydrogen-bond acceptors (Lipinski definition) is 5. The molecular formula is C22H40N4O3. The molecule has 29 heavy (non-hydrogen) atoms. The molecule has 0 saturated carbocycles. The lowest BCUT2D eigenvalue weighted by atomic mass is 10.1. The monoisotopic (exact) mass is 408 g/mol. The molecule has 7 nitrogen and oxygen atoms in total. The fourth-order valence-electron chi connectivity index (χ4n) is 2.81. The molecule has 2 N–H and O–H groups in total. The molecule has 0 aliphatic rings. The van der Waals surface area contributed by atoms with Crippen molar-refractivity contribution in [2.75, 3.05) is 66.7 Å². The standard InChI is InChI=1S/C22H40N4O3/c1-6-23-22(24-13-9-15-26(4)16-17-27-5)25-14-12-19-10-11-20(28-7-2)21(18-19)29-8-3/h10-11,18H,6-9,12-17H2,1-5H3,(H2,23,24,25). The zero-order chi connectivity index (χ0) is 21.3. The highest BCUT2D eigenvalue weighted by atomic mass is 16.5. The maximum Gasteiger partial charge on any atom is 0.191 e. The van der Waals surface area contributed by atoms with Crippen LogP contribution >= 0.6 is 0 Å². The Labute approximate surface area is 176 Å². The fourth-order valence-corrected chi connectivity index (χ4v) is 2.81. The summed E-state index contributed by atoms with van der Waals surface area (Å²) in [5, 5.41) is 6.73. The summed E-state index contributed by atoms with van der Waals surface area (Å²) in [5.41, 5.74) is 1.21. The molecule has 166 valence electrons. The van der Waals surface area contributed by atoms with Crippen LogP contribution in [0.3, 0.4) is 0 Å². The zero-order valence-electron chi connectivity index (χ0n) is 18.9. The highest BCUT2D eigenvalue weighted by molar-refractivity contribution is 5.79. The van der Waals surface area contributed by atoms with Crippen LogP contribution in [-0.4, -0.2) is 77.6 Å². The van der Waals surface area contributed by atoms with Gasteiger partial charge in [0.2, 0.25) is 0 Å². The first-order valence-electron chi connectivity index (χ1n) is 10.7. The third kappa shape index (κ3) is 10.9. The fraction of sp³-hybridized carbons (Fsp3) is 0.682. The molecule has 1 rings (SSSR count). The van der Waals surface area contributed by atoms with Crippen molar-refractivity contribution in [2.24, 2.45) is 4.99 Å². The number of hydrogen-bond donors (Lipinski definition) is 2. The van der Waals surface area contributed by atoms with E-state index in [0.717, 1.165) is 69.6 Å². The van der Waals surface area contributed by atoms with Crippen molar-refractivity contribution < 1.29 is 14.2 Å². The molecule has 1 aromatic carbocycles. The van der Waals surface area contributed by atoms with Gasteiger partial charge in [-0.1, -0.05) is 6.07 Å². The first-order valence-corrected chi connectivity index (χ1v) is 10.7. The third-order valence-electron chi connectivity index (χ3n) is 4.30. The number of aliphatic imine (C=N–C) groups is 1. The van der Waals surface area contributed by atoms with Crippen LogP contribution in [0.25, 0.3) is 0 Å². The summed E-state index contributed by atoms with van der Waals surface area (Å²) in [7, 11) is 3.84. The van der Waals surface area contributed by atoms with Gasteiger partial charge in [0.05, 0.1) is 19.8 Å². The van der Waals surface area contributed by atoms with Gasteiger partial charge in [-0.25, -0.2) is 0 Å². The van der Waals surface area contributed by atoms with Gasteiger partial charge in [0, 0.05) is 33.3 Å². The van der Waals surface area contributed by atoms with Gasteiger partial charge in [-0.15, -0.1) is 0 Å². The summed E-state index contributed by atoms with van der Waals surface area (Å²) in [4.78, 5) is 6.94. The van der Waals surface area contributed by atoms with Crippen molar-refractivity contribution in [1.82, 2.24) is 15.5 Å². The Bertz CT molecular complexity index is 581. The quantitative estimate of drug-likeness (QED) is 0.264. The maximum absolute atomic E-state index is 5.71. The van der Waals surface area contributed by atoms with E-state index in [1.165, 1.54) is 5.56 Å². The Morgan fingerprint density at radius 2 is 1.79 bits per heavy atom. The number of nitrogens with zero attached hydrogens (tertiary/aromatic N) is 2.